The van der Waals surface area contributed by atoms with Crippen LogP contribution in [0.25, 0.3) is 0 Å². The summed E-state index contributed by atoms with van der Waals surface area (Å²) >= 11 is 3.37. The lowest BCUT2D eigenvalue weighted by molar-refractivity contribution is -0.120. The van der Waals surface area contributed by atoms with E-state index in [1.54, 1.807) is 81.8 Å². The highest BCUT2D eigenvalue weighted by Crippen LogP contribution is 2.30. The first kappa shape index (κ1) is 24.6. The predicted molar refractivity (Wildman–Crippen MR) is 131 cm³/mol. The number of benzene rings is 3. The molecule has 0 saturated heterocycles. The molecule has 1 amide bonds. The maximum atomic E-state index is 13.4. The van der Waals surface area contributed by atoms with Crippen molar-refractivity contribution in [2.24, 2.45) is 0 Å². The number of methoxy groups -OCH3 is 2. The minimum atomic E-state index is -3.98. The van der Waals surface area contributed by atoms with E-state index in [1.807, 2.05) is 0 Å². The van der Waals surface area contributed by atoms with Crippen LogP contribution in [0, 0.1) is 0 Å². The van der Waals surface area contributed by atoms with Gasteiger partial charge in [0.05, 0.1) is 30.8 Å². The SMILES string of the molecule is COc1ccc(OC)c([C@H](C)NC(=O)CN(c2cccc(Br)c2)S(=O)(=O)c2ccccc2)c1. The van der Waals surface area contributed by atoms with Gasteiger partial charge in [-0.25, -0.2) is 8.42 Å². The monoisotopic (exact) mass is 532 g/mol. The molecule has 0 aliphatic rings. The molecule has 9 heteroatoms. The van der Waals surface area contributed by atoms with Gasteiger partial charge in [0.1, 0.15) is 18.0 Å². The van der Waals surface area contributed by atoms with Crippen molar-refractivity contribution in [1.82, 2.24) is 5.32 Å². The maximum absolute atomic E-state index is 13.4. The molecule has 0 bridgehead atoms. The van der Waals surface area contributed by atoms with Gasteiger partial charge in [-0.15, -0.1) is 0 Å². The third-order valence-corrected chi connectivity index (χ3v) is 7.28. The largest absolute Gasteiger partial charge is 0.497 e. The number of amides is 1. The summed E-state index contributed by atoms with van der Waals surface area (Å²) in [4.78, 5) is 13.1. The first-order valence-electron chi connectivity index (χ1n) is 10.1. The van der Waals surface area contributed by atoms with Crippen molar-refractivity contribution in [3.05, 3.63) is 82.8 Å². The third kappa shape index (κ3) is 5.85. The summed E-state index contributed by atoms with van der Waals surface area (Å²) in [7, 11) is -0.885. The molecule has 0 fully saturated rings. The molecule has 1 atom stereocenters. The zero-order valence-corrected chi connectivity index (χ0v) is 20.9. The van der Waals surface area contributed by atoms with Crippen molar-refractivity contribution >= 4 is 37.5 Å². The zero-order valence-electron chi connectivity index (χ0n) is 18.5. The fraction of sp³-hybridized carbons (Fsp3) is 0.208. The number of ether oxygens (including phenoxy) is 2. The predicted octanol–water partition coefficient (Wildman–Crippen LogP) is 4.54. The first-order chi connectivity index (χ1) is 15.8. The number of nitrogens with zero attached hydrogens (tertiary/aromatic N) is 1. The summed E-state index contributed by atoms with van der Waals surface area (Å²) in [5.74, 6) is 0.741. The molecule has 174 valence electrons. The van der Waals surface area contributed by atoms with Crippen LogP contribution in [-0.4, -0.2) is 35.1 Å². The second kappa shape index (κ2) is 10.7. The van der Waals surface area contributed by atoms with E-state index >= 15 is 0 Å². The number of hydrogen-bond donors (Lipinski definition) is 1. The first-order valence-corrected chi connectivity index (χ1v) is 12.3. The Morgan fingerprint density at radius 1 is 1.00 bits per heavy atom. The molecular formula is C24H25BrN2O5S. The molecule has 0 spiro atoms. The van der Waals surface area contributed by atoms with Crippen molar-refractivity contribution in [1.29, 1.82) is 0 Å². The quantitative estimate of drug-likeness (QED) is 0.437. The number of anilines is 1. The van der Waals surface area contributed by atoms with Gasteiger partial charge in [-0.3, -0.25) is 9.10 Å². The maximum Gasteiger partial charge on any atom is 0.264 e. The molecule has 0 aliphatic carbocycles. The number of sulfonamides is 1. The molecule has 3 aromatic carbocycles. The molecule has 0 unspecified atom stereocenters. The molecule has 3 rings (SSSR count). The Kier molecular flexibility index (Phi) is 7.99. The Morgan fingerprint density at radius 2 is 1.73 bits per heavy atom. The molecule has 0 saturated carbocycles. The van der Waals surface area contributed by atoms with Crippen LogP contribution < -0.4 is 19.1 Å². The van der Waals surface area contributed by atoms with Crippen LogP contribution in [0.4, 0.5) is 5.69 Å². The number of carbonyl (C=O) groups is 1. The smallest absolute Gasteiger partial charge is 0.264 e. The minimum Gasteiger partial charge on any atom is -0.497 e. The highest BCUT2D eigenvalue weighted by Gasteiger charge is 2.28. The molecular weight excluding hydrogens is 508 g/mol. The van der Waals surface area contributed by atoms with Crippen LogP contribution in [0.3, 0.4) is 0 Å². The van der Waals surface area contributed by atoms with E-state index < -0.39 is 28.5 Å². The minimum absolute atomic E-state index is 0.0975. The van der Waals surface area contributed by atoms with Gasteiger partial charge in [0.2, 0.25) is 5.91 Å². The second-order valence-corrected chi connectivity index (χ2v) is 9.98. The highest BCUT2D eigenvalue weighted by atomic mass is 79.9. The summed E-state index contributed by atoms with van der Waals surface area (Å²) in [5, 5.41) is 2.87. The van der Waals surface area contributed by atoms with Gasteiger partial charge in [0.25, 0.3) is 10.0 Å². The Hall–Kier alpha value is -3.04. The molecule has 33 heavy (non-hydrogen) atoms. The highest BCUT2D eigenvalue weighted by molar-refractivity contribution is 9.10. The van der Waals surface area contributed by atoms with E-state index in [-0.39, 0.29) is 4.90 Å². The van der Waals surface area contributed by atoms with Crippen molar-refractivity contribution in [2.75, 3.05) is 25.1 Å². The fourth-order valence-electron chi connectivity index (χ4n) is 3.34. The molecule has 0 radical (unpaired) electrons. The summed E-state index contributed by atoms with van der Waals surface area (Å²) in [5.41, 5.74) is 1.08. The number of carbonyl (C=O) groups excluding carboxylic acids is 1. The molecule has 3 aromatic rings. The standard InChI is InChI=1S/C24H25BrN2O5S/c1-17(22-15-20(31-2)12-13-23(22)32-3)26-24(28)16-27(19-9-7-8-18(25)14-19)33(29,30)21-10-5-4-6-11-21/h4-15,17H,16H2,1-3H3,(H,26,28)/t17-/m0/s1. The molecule has 0 aliphatic heterocycles. The lowest BCUT2D eigenvalue weighted by atomic mass is 10.1. The second-order valence-electron chi connectivity index (χ2n) is 7.20. The lowest BCUT2D eigenvalue weighted by Gasteiger charge is -2.25. The fourth-order valence-corrected chi connectivity index (χ4v) is 5.16. The van der Waals surface area contributed by atoms with Crippen molar-refractivity contribution < 1.29 is 22.7 Å². The van der Waals surface area contributed by atoms with Crippen molar-refractivity contribution in [3.63, 3.8) is 0 Å². The topological polar surface area (TPSA) is 84.9 Å². The average molecular weight is 533 g/mol. The summed E-state index contributed by atoms with van der Waals surface area (Å²) in [6.07, 6.45) is 0. The van der Waals surface area contributed by atoms with Gasteiger partial charge in [0, 0.05) is 10.0 Å². The van der Waals surface area contributed by atoms with Gasteiger partial charge in [-0.2, -0.15) is 0 Å². The van der Waals surface area contributed by atoms with Crippen LogP contribution in [-0.2, 0) is 14.8 Å². The van der Waals surface area contributed by atoms with Crippen LogP contribution in [0.1, 0.15) is 18.5 Å². The number of hydrogen-bond acceptors (Lipinski definition) is 5. The third-order valence-electron chi connectivity index (χ3n) is 5.00. The van der Waals surface area contributed by atoms with Crippen molar-refractivity contribution in [3.8, 4) is 11.5 Å². The average Bonchev–Trinajstić information content (AvgIpc) is 2.82. The van der Waals surface area contributed by atoms with E-state index in [1.165, 1.54) is 12.1 Å². The Balaban J connectivity index is 1.90. The van der Waals surface area contributed by atoms with Gasteiger partial charge < -0.3 is 14.8 Å². The van der Waals surface area contributed by atoms with Crippen LogP contribution in [0.2, 0.25) is 0 Å². The Bertz CT molecular complexity index is 1220. The van der Waals surface area contributed by atoms with E-state index in [2.05, 4.69) is 21.2 Å². The molecule has 0 aromatic heterocycles. The molecule has 0 heterocycles. The summed E-state index contributed by atoms with van der Waals surface area (Å²) in [6.45, 7) is 1.40. The van der Waals surface area contributed by atoms with Gasteiger partial charge in [0.15, 0.2) is 0 Å². The van der Waals surface area contributed by atoms with Crippen LogP contribution >= 0.6 is 15.9 Å². The number of halogens is 1. The van der Waals surface area contributed by atoms with E-state index in [9.17, 15) is 13.2 Å². The Labute approximate surface area is 202 Å². The van der Waals surface area contributed by atoms with E-state index in [4.69, 9.17) is 9.47 Å². The zero-order chi connectivity index (χ0) is 24.0. The van der Waals surface area contributed by atoms with E-state index in [0.29, 0.717) is 27.2 Å². The molecule has 7 nitrogen and oxygen atoms in total. The Morgan fingerprint density at radius 3 is 2.36 bits per heavy atom. The van der Waals surface area contributed by atoms with Gasteiger partial charge in [-0.05, 0) is 55.5 Å². The van der Waals surface area contributed by atoms with Crippen molar-refractivity contribution in [2.45, 2.75) is 17.9 Å². The summed E-state index contributed by atoms with van der Waals surface area (Å²) < 4.78 is 39.3. The number of rotatable bonds is 9. The van der Waals surface area contributed by atoms with Gasteiger partial charge >= 0.3 is 0 Å². The van der Waals surface area contributed by atoms with Gasteiger partial charge in [-0.1, -0.05) is 40.2 Å². The normalized spacial score (nSPS) is 12.0. The lowest BCUT2D eigenvalue weighted by Crippen LogP contribution is -2.41. The molecule has 1 N–H and O–H groups in total. The summed E-state index contributed by atoms with van der Waals surface area (Å²) in [6, 6.07) is 19.7. The van der Waals surface area contributed by atoms with Crippen LogP contribution in [0.5, 0.6) is 11.5 Å². The van der Waals surface area contributed by atoms with E-state index in [0.717, 1.165) is 4.31 Å². The number of nitrogens with one attached hydrogen (secondary N) is 1. The van der Waals surface area contributed by atoms with Crippen LogP contribution in [0.15, 0.2) is 82.2 Å².